The van der Waals surface area contributed by atoms with Gasteiger partial charge in [-0.15, -0.1) is 10.2 Å². The van der Waals surface area contributed by atoms with Crippen molar-refractivity contribution in [3.05, 3.63) is 16.8 Å². The monoisotopic (exact) mass is 325 g/mol. The number of anilines is 1. The van der Waals surface area contributed by atoms with Crippen LogP contribution in [0.5, 0.6) is 0 Å². The van der Waals surface area contributed by atoms with E-state index in [9.17, 15) is 8.78 Å². The molecule has 1 aliphatic carbocycles. The number of ether oxygens (including phenoxy) is 1. The molecule has 0 aliphatic heterocycles. The van der Waals surface area contributed by atoms with Gasteiger partial charge in [-0.1, -0.05) is 11.6 Å². The van der Waals surface area contributed by atoms with Gasteiger partial charge in [-0.05, 0) is 18.9 Å². The fourth-order valence-electron chi connectivity index (χ4n) is 1.54. The Kier molecular flexibility index (Phi) is 3.70. The Bertz CT molecular complexity index is 630. The standard InChI is InChI=1S/C12H18ClF2N5O/c13-11-8(3-10(17)19-20-11)9(4-21-7-1-2-7)18-6-12(14,15)5-16/h3,7,9,18H,1-2,4-6,16H2,(H2,17,19)/t9-/m1/s1/i5D2,6D2. The maximum absolute atomic E-state index is 14.1. The highest BCUT2D eigenvalue weighted by Crippen LogP contribution is 2.28. The van der Waals surface area contributed by atoms with Crippen LogP contribution in [0.1, 0.15) is 29.9 Å². The first-order valence-corrected chi connectivity index (χ1v) is 6.57. The Balaban J connectivity index is 2.30. The summed E-state index contributed by atoms with van der Waals surface area (Å²) in [5.74, 6) is -4.59. The predicted molar refractivity (Wildman–Crippen MR) is 75.2 cm³/mol. The lowest BCUT2D eigenvalue weighted by Gasteiger charge is -2.23. The molecule has 1 aromatic rings. The van der Waals surface area contributed by atoms with Crippen molar-refractivity contribution in [2.75, 3.05) is 25.3 Å². The Morgan fingerprint density at radius 3 is 2.90 bits per heavy atom. The quantitative estimate of drug-likeness (QED) is 0.662. The zero-order chi connectivity index (χ0) is 19.0. The number of halogens is 3. The van der Waals surface area contributed by atoms with E-state index < -0.39 is 25.0 Å². The van der Waals surface area contributed by atoms with Crippen LogP contribution in [0.25, 0.3) is 0 Å². The minimum atomic E-state index is -4.55. The van der Waals surface area contributed by atoms with Crippen LogP contribution in [0.15, 0.2) is 6.07 Å². The van der Waals surface area contributed by atoms with E-state index in [-0.39, 0.29) is 29.2 Å². The van der Waals surface area contributed by atoms with Crippen LogP contribution in [0, 0.1) is 0 Å². The van der Waals surface area contributed by atoms with Crippen molar-refractivity contribution >= 4 is 17.4 Å². The van der Waals surface area contributed by atoms with E-state index in [0.717, 1.165) is 12.8 Å². The molecule has 0 saturated heterocycles. The molecule has 6 nitrogen and oxygen atoms in total. The highest BCUT2D eigenvalue weighted by Gasteiger charge is 2.30. The largest absolute Gasteiger partial charge is 0.382 e. The number of hydrogen-bond acceptors (Lipinski definition) is 6. The molecule has 5 N–H and O–H groups in total. The third-order valence-electron chi connectivity index (χ3n) is 2.78. The highest BCUT2D eigenvalue weighted by molar-refractivity contribution is 6.30. The Hall–Kier alpha value is -1.09. The third kappa shape index (κ3) is 4.99. The van der Waals surface area contributed by atoms with Crippen LogP contribution in [-0.2, 0) is 4.74 Å². The van der Waals surface area contributed by atoms with Crippen molar-refractivity contribution in [3.8, 4) is 0 Å². The van der Waals surface area contributed by atoms with E-state index in [1.54, 1.807) is 0 Å². The number of hydrogen-bond donors (Lipinski definition) is 3. The van der Waals surface area contributed by atoms with Crippen molar-refractivity contribution in [3.63, 3.8) is 0 Å². The summed E-state index contributed by atoms with van der Waals surface area (Å²) >= 11 is 5.92. The van der Waals surface area contributed by atoms with Gasteiger partial charge >= 0.3 is 0 Å². The van der Waals surface area contributed by atoms with E-state index in [2.05, 4.69) is 10.2 Å². The molecule has 21 heavy (non-hydrogen) atoms. The highest BCUT2D eigenvalue weighted by atomic mass is 35.5. The first-order valence-electron chi connectivity index (χ1n) is 8.20. The van der Waals surface area contributed by atoms with Gasteiger partial charge in [-0.2, -0.15) is 0 Å². The third-order valence-corrected chi connectivity index (χ3v) is 3.07. The predicted octanol–water partition coefficient (Wildman–Crippen LogP) is 1.12. The second-order valence-electron chi connectivity index (χ2n) is 4.59. The maximum atomic E-state index is 14.1. The van der Waals surface area contributed by atoms with Crippen LogP contribution >= 0.6 is 11.6 Å². The number of nitrogens with one attached hydrogen (secondary N) is 1. The van der Waals surface area contributed by atoms with Gasteiger partial charge in [0.05, 0.1) is 31.7 Å². The van der Waals surface area contributed by atoms with Crippen LogP contribution < -0.4 is 16.8 Å². The summed E-state index contributed by atoms with van der Waals surface area (Å²) in [6.07, 6.45) is 1.58. The van der Waals surface area contributed by atoms with Gasteiger partial charge < -0.3 is 21.5 Å². The molecule has 0 aromatic carbocycles. The second kappa shape index (κ2) is 6.78. The normalized spacial score (nSPS) is 21.1. The number of rotatable bonds is 8. The van der Waals surface area contributed by atoms with Gasteiger partial charge in [-0.3, -0.25) is 0 Å². The van der Waals surface area contributed by atoms with Gasteiger partial charge in [0.25, 0.3) is 5.92 Å². The Labute approximate surface area is 131 Å². The summed E-state index contributed by atoms with van der Waals surface area (Å²) in [7, 11) is 0. The van der Waals surface area contributed by atoms with Crippen LogP contribution in [0.4, 0.5) is 14.6 Å². The second-order valence-corrected chi connectivity index (χ2v) is 4.95. The molecule has 0 bridgehead atoms. The zero-order valence-corrected chi connectivity index (χ0v) is 11.7. The van der Waals surface area contributed by atoms with Crippen LogP contribution in [0.3, 0.4) is 0 Å². The molecular formula is C12H18ClF2N5O. The van der Waals surface area contributed by atoms with Gasteiger partial charge in [0.1, 0.15) is 5.82 Å². The minimum Gasteiger partial charge on any atom is -0.382 e. The van der Waals surface area contributed by atoms with Crippen molar-refractivity contribution in [2.24, 2.45) is 5.73 Å². The van der Waals surface area contributed by atoms with E-state index in [1.807, 2.05) is 5.32 Å². The molecule has 1 fully saturated rings. The van der Waals surface area contributed by atoms with Crippen molar-refractivity contribution in [1.82, 2.24) is 15.5 Å². The molecule has 0 amide bonds. The van der Waals surface area contributed by atoms with E-state index >= 15 is 0 Å². The fraction of sp³-hybridized carbons (Fsp3) is 0.667. The first kappa shape index (κ1) is 11.5. The van der Waals surface area contributed by atoms with Crippen LogP contribution in [0.2, 0.25) is 5.15 Å². The van der Waals surface area contributed by atoms with Crippen molar-refractivity contribution in [2.45, 2.75) is 30.9 Å². The topological polar surface area (TPSA) is 99.1 Å². The molecule has 0 radical (unpaired) electrons. The van der Waals surface area contributed by atoms with E-state index in [1.165, 1.54) is 6.07 Å². The maximum Gasteiger partial charge on any atom is 0.272 e. The average molecular weight is 326 g/mol. The van der Waals surface area contributed by atoms with Crippen molar-refractivity contribution < 1.29 is 19.0 Å². The SMILES string of the molecule is [2H]C([2H])(N)C(F)(F)C([2H])([2H])N[C@H](COC1CC1)c1cc(N)nnc1Cl. The molecule has 2 rings (SSSR count). The van der Waals surface area contributed by atoms with Crippen LogP contribution in [-0.4, -0.2) is 41.8 Å². The van der Waals surface area contributed by atoms with Gasteiger partial charge in [0.2, 0.25) is 0 Å². The summed E-state index contributed by atoms with van der Waals surface area (Å²) in [5.41, 5.74) is 10.4. The molecule has 0 spiro atoms. The molecule has 1 atom stereocenters. The van der Waals surface area contributed by atoms with E-state index in [0.29, 0.717) is 0 Å². The van der Waals surface area contributed by atoms with Gasteiger partial charge in [0, 0.05) is 11.0 Å². The van der Waals surface area contributed by atoms with Gasteiger partial charge in [0.15, 0.2) is 5.15 Å². The average Bonchev–Trinajstić information content (AvgIpc) is 3.29. The van der Waals surface area contributed by atoms with E-state index in [4.69, 9.17) is 33.3 Å². The first-order chi connectivity index (χ1) is 11.3. The molecular weight excluding hydrogens is 304 g/mol. The number of alkyl halides is 2. The molecule has 0 unspecified atom stereocenters. The molecule has 1 aliphatic rings. The summed E-state index contributed by atoms with van der Waals surface area (Å²) in [4.78, 5) is 0. The molecule has 1 aromatic heterocycles. The molecule has 1 saturated carbocycles. The molecule has 118 valence electrons. The summed E-state index contributed by atoms with van der Waals surface area (Å²) < 4.78 is 62.9. The number of nitrogens with zero attached hydrogens (tertiary/aromatic N) is 2. The molecule has 9 heteroatoms. The number of aromatic nitrogens is 2. The van der Waals surface area contributed by atoms with Crippen molar-refractivity contribution in [1.29, 1.82) is 0 Å². The smallest absolute Gasteiger partial charge is 0.272 e. The lowest BCUT2D eigenvalue weighted by atomic mass is 10.1. The number of nitrogens with two attached hydrogens (primary N) is 2. The summed E-state index contributed by atoms with van der Waals surface area (Å²) in [5, 5.41) is 8.96. The fourth-order valence-corrected chi connectivity index (χ4v) is 1.77. The number of nitrogen functional groups attached to an aromatic ring is 1. The Morgan fingerprint density at radius 1 is 1.57 bits per heavy atom. The Morgan fingerprint density at radius 2 is 2.29 bits per heavy atom. The summed E-state index contributed by atoms with van der Waals surface area (Å²) in [6, 6.07) is 0.0864. The lowest BCUT2D eigenvalue weighted by molar-refractivity contribution is 0.00398. The summed E-state index contributed by atoms with van der Waals surface area (Å²) in [6.45, 7) is -7.30. The van der Waals surface area contributed by atoms with Gasteiger partial charge in [-0.25, -0.2) is 8.78 Å². The minimum absolute atomic E-state index is 0.0393. The lowest BCUT2D eigenvalue weighted by Crippen LogP contribution is -2.41. The zero-order valence-electron chi connectivity index (χ0n) is 14.9. The molecule has 1 heterocycles.